The van der Waals surface area contributed by atoms with Gasteiger partial charge in [-0.05, 0) is 25.1 Å². The van der Waals surface area contributed by atoms with Gasteiger partial charge in [-0.3, -0.25) is 4.79 Å². The number of nitrogens with zero attached hydrogens (tertiary/aromatic N) is 3. The van der Waals surface area contributed by atoms with Gasteiger partial charge in [0.1, 0.15) is 17.6 Å². The maximum Gasteiger partial charge on any atom is 0.264 e. The van der Waals surface area contributed by atoms with Gasteiger partial charge in [-0.15, -0.1) is 0 Å². The van der Waals surface area contributed by atoms with Crippen LogP contribution in [0, 0.1) is 18.3 Å². The van der Waals surface area contributed by atoms with Crippen LogP contribution in [0.15, 0.2) is 18.2 Å². The maximum atomic E-state index is 11.7. The quantitative estimate of drug-likeness (QED) is 0.851. The highest BCUT2D eigenvalue weighted by atomic mass is 16.5. The largest absolute Gasteiger partial charge is 0.482 e. The molecule has 100 valence electrons. The Morgan fingerprint density at radius 3 is 3.05 bits per heavy atom. The predicted molar refractivity (Wildman–Crippen MR) is 72.4 cm³/mol. The van der Waals surface area contributed by atoms with E-state index in [4.69, 9.17) is 10.00 Å². The highest BCUT2D eigenvalue weighted by Gasteiger charge is 2.23. The standard InChI is InChI=1S/C14H12N4O2/c1-8-16-10(6-15)14(17-8)9-3-4-12-11(5-9)18(2)13(19)7-20-12/h3-5H,7H2,1-2H3,(H,16,17). The molecule has 2 heterocycles. The van der Waals surface area contributed by atoms with E-state index in [-0.39, 0.29) is 12.5 Å². The minimum atomic E-state index is -0.101. The number of H-pyrrole nitrogens is 1. The third-order valence-corrected chi connectivity index (χ3v) is 3.26. The molecule has 0 spiro atoms. The van der Waals surface area contributed by atoms with Crippen LogP contribution in [0.4, 0.5) is 5.69 Å². The van der Waals surface area contributed by atoms with Crippen LogP contribution in [0.1, 0.15) is 11.5 Å². The Hall–Kier alpha value is -2.81. The minimum Gasteiger partial charge on any atom is -0.482 e. The molecule has 0 atom stereocenters. The Balaban J connectivity index is 2.13. The van der Waals surface area contributed by atoms with Crippen molar-refractivity contribution in [2.75, 3.05) is 18.6 Å². The Bertz CT molecular complexity index is 742. The molecule has 0 saturated carbocycles. The molecule has 0 bridgehead atoms. The van der Waals surface area contributed by atoms with Crippen LogP contribution in [-0.4, -0.2) is 29.5 Å². The Morgan fingerprint density at radius 2 is 2.30 bits per heavy atom. The number of likely N-dealkylation sites (N-methyl/N-ethyl adjacent to an activating group) is 1. The summed E-state index contributed by atoms with van der Waals surface area (Å²) in [6.45, 7) is 1.84. The molecule has 6 nitrogen and oxygen atoms in total. The molecule has 1 amide bonds. The third kappa shape index (κ3) is 1.80. The number of ether oxygens (including phenoxy) is 1. The van der Waals surface area contributed by atoms with Gasteiger partial charge in [-0.25, -0.2) is 4.98 Å². The maximum absolute atomic E-state index is 11.7. The first kappa shape index (κ1) is 12.2. The van der Waals surface area contributed by atoms with E-state index in [2.05, 4.69) is 16.0 Å². The van der Waals surface area contributed by atoms with Gasteiger partial charge in [-0.2, -0.15) is 5.26 Å². The smallest absolute Gasteiger partial charge is 0.264 e. The monoisotopic (exact) mass is 268 g/mol. The molecule has 0 unspecified atom stereocenters. The average Bonchev–Trinajstić information content (AvgIpc) is 2.84. The number of hydrogen-bond acceptors (Lipinski definition) is 4. The molecule has 0 radical (unpaired) electrons. The van der Waals surface area contributed by atoms with Crippen LogP contribution in [0.2, 0.25) is 0 Å². The number of aromatic amines is 1. The highest BCUT2D eigenvalue weighted by molar-refractivity contribution is 5.98. The fourth-order valence-corrected chi connectivity index (χ4v) is 2.21. The summed E-state index contributed by atoms with van der Waals surface area (Å²) < 4.78 is 5.38. The molecule has 0 fully saturated rings. The summed E-state index contributed by atoms with van der Waals surface area (Å²) in [6.07, 6.45) is 0. The number of anilines is 1. The first-order chi connectivity index (χ1) is 9.60. The van der Waals surface area contributed by atoms with Crippen molar-refractivity contribution in [2.45, 2.75) is 6.92 Å². The summed E-state index contributed by atoms with van der Waals surface area (Å²) in [4.78, 5) is 20.4. The summed E-state index contributed by atoms with van der Waals surface area (Å²) in [6, 6.07) is 7.52. The van der Waals surface area contributed by atoms with Gasteiger partial charge in [0, 0.05) is 12.6 Å². The van der Waals surface area contributed by atoms with Gasteiger partial charge in [0.05, 0.1) is 11.4 Å². The van der Waals surface area contributed by atoms with Crippen molar-refractivity contribution in [1.82, 2.24) is 9.97 Å². The number of rotatable bonds is 1. The second kappa shape index (κ2) is 4.38. The summed E-state index contributed by atoms with van der Waals surface area (Å²) in [5.74, 6) is 1.23. The van der Waals surface area contributed by atoms with E-state index in [9.17, 15) is 4.79 Å². The lowest BCUT2D eigenvalue weighted by Gasteiger charge is -2.26. The number of aryl methyl sites for hydroxylation is 1. The number of imidazole rings is 1. The van der Waals surface area contributed by atoms with E-state index < -0.39 is 0 Å². The number of hydrogen-bond donors (Lipinski definition) is 1. The predicted octanol–water partition coefficient (Wildman–Crippen LogP) is 1.61. The molecule has 3 rings (SSSR count). The molecule has 0 saturated heterocycles. The highest BCUT2D eigenvalue weighted by Crippen LogP contribution is 2.35. The normalized spacial score (nSPS) is 13.7. The first-order valence-electron chi connectivity index (χ1n) is 6.10. The molecule has 20 heavy (non-hydrogen) atoms. The van der Waals surface area contributed by atoms with Crippen molar-refractivity contribution < 1.29 is 9.53 Å². The minimum absolute atomic E-state index is 0.0510. The number of aromatic nitrogens is 2. The van der Waals surface area contributed by atoms with Crippen LogP contribution in [0.25, 0.3) is 11.3 Å². The van der Waals surface area contributed by atoms with Gasteiger partial charge in [0.2, 0.25) is 0 Å². The molecule has 1 N–H and O–H groups in total. The zero-order chi connectivity index (χ0) is 14.3. The first-order valence-corrected chi connectivity index (χ1v) is 6.10. The second-order valence-corrected chi connectivity index (χ2v) is 4.58. The van der Waals surface area contributed by atoms with Crippen molar-refractivity contribution in [3.63, 3.8) is 0 Å². The van der Waals surface area contributed by atoms with E-state index in [0.717, 1.165) is 5.56 Å². The summed E-state index contributed by atoms with van der Waals surface area (Å²) in [7, 11) is 1.71. The fourth-order valence-electron chi connectivity index (χ4n) is 2.21. The van der Waals surface area contributed by atoms with Crippen molar-refractivity contribution in [1.29, 1.82) is 5.26 Å². The molecule has 6 heteroatoms. The number of amides is 1. The lowest BCUT2D eigenvalue weighted by Crippen LogP contribution is -2.35. The van der Waals surface area contributed by atoms with Crippen molar-refractivity contribution >= 4 is 11.6 Å². The topological polar surface area (TPSA) is 82.0 Å². The number of nitriles is 1. The molecule has 1 aliphatic heterocycles. The zero-order valence-electron chi connectivity index (χ0n) is 11.1. The van der Waals surface area contributed by atoms with Gasteiger partial charge in [0.15, 0.2) is 12.3 Å². The van der Waals surface area contributed by atoms with E-state index in [1.807, 2.05) is 12.1 Å². The Labute approximate surface area is 115 Å². The fraction of sp³-hybridized carbons (Fsp3) is 0.214. The van der Waals surface area contributed by atoms with Gasteiger partial charge >= 0.3 is 0 Å². The lowest BCUT2D eigenvalue weighted by molar-refractivity contribution is -0.120. The van der Waals surface area contributed by atoms with Gasteiger partial charge in [-0.1, -0.05) is 0 Å². The SMILES string of the molecule is Cc1nc(C#N)c(-c2ccc3c(c2)N(C)C(=O)CO3)[nH]1. The Morgan fingerprint density at radius 1 is 1.50 bits per heavy atom. The number of benzene rings is 1. The summed E-state index contributed by atoms with van der Waals surface area (Å²) in [5.41, 5.74) is 2.48. The van der Waals surface area contributed by atoms with Crippen LogP contribution < -0.4 is 9.64 Å². The summed E-state index contributed by atoms with van der Waals surface area (Å²) >= 11 is 0. The Kier molecular flexibility index (Phi) is 2.68. The molecule has 1 aromatic carbocycles. The molecule has 0 aliphatic carbocycles. The molecule has 1 aliphatic rings. The second-order valence-electron chi connectivity index (χ2n) is 4.58. The van der Waals surface area contributed by atoms with Crippen molar-refractivity contribution in [2.24, 2.45) is 0 Å². The van der Waals surface area contributed by atoms with E-state index >= 15 is 0 Å². The number of carbonyl (C=O) groups excluding carboxylic acids is 1. The van der Waals surface area contributed by atoms with Crippen molar-refractivity contribution in [3.05, 3.63) is 29.7 Å². The van der Waals surface area contributed by atoms with Crippen LogP contribution >= 0.6 is 0 Å². The molecule has 2 aromatic rings. The van der Waals surface area contributed by atoms with Gasteiger partial charge in [0.25, 0.3) is 5.91 Å². The van der Waals surface area contributed by atoms with E-state index in [1.54, 1.807) is 24.9 Å². The molecular formula is C14H12N4O2. The molecular weight excluding hydrogens is 256 g/mol. The summed E-state index contributed by atoms with van der Waals surface area (Å²) in [5, 5.41) is 9.10. The van der Waals surface area contributed by atoms with Crippen molar-refractivity contribution in [3.8, 4) is 23.1 Å². The number of carbonyl (C=O) groups is 1. The van der Waals surface area contributed by atoms with E-state index in [1.165, 1.54) is 0 Å². The third-order valence-electron chi connectivity index (χ3n) is 3.26. The lowest BCUT2D eigenvalue weighted by atomic mass is 10.1. The van der Waals surface area contributed by atoms with Crippen LogP contribution in [0.5, 0.6) is 5.75 Å². The number of fused-ring (bicyclic) bond motifs is 1. The molecule has 1 aromatic heterocycles. The van der Waals surface area contributed by atoms with Gasteiger partial charge < -0.3 is 14.6 Å². The average molecular weight is 268 g/mol. The van der Waals surface area contributed by atoms with E-state index in [0.29, 0.717) is 28.6 Å². The number of nitrogens with one attached hydrogen (secondary N) is 1. The zero-order valence-corrected chi connectivity index (χ0v) is 11.1. The van der Waals surface area contributed by atoms with Crippen LogP contribution in [0.3, 0.4) is 0 Å². The van der Waals surface area contributed by atoms with Crippen LogP contribution in [-0.2, 0) is 4.79 Å².